The topological polar surface area (TPSA) is 121 Å². The van der Waals surface area contributed by atoms with E-state index in [1.54, 1.807) is 11.1 Å². The third-order valence-corrected chi connectivity index (χ3v) is 7.94. The number of nitrogens with zero attached hydrogens (tertiary/aromatic N) is 7. The second-order valence-electron chi connectivity index (χ2n) is 10.8. The summed E-state index contributed by atoms with van der Waals surface area (Å²) in [6.07, 6.45) is 2.62. The van der Waals surface area contributed by atoms with Gasteiger partial charge in [-0.05, 0) is 60.8 Å². The predicted molar refractivity (Wildman–Crippen MR) is 149 cm³/mol. The van der Waals surface area contributed by atoms with Crippen LogP contribution >= 0.6 is 0 Å². The molecular formula is C28H35N9O. The number of fused-ring (bicyclic) bond motifs is 1. The maximum Gasteiger partial charge on any atom is 0.272 e. The molecule has 3 aliphatic heterocycles. The number of rotatable bonds is 4. The fourth-order valence-electron chi connectivity index (χ4n) is 5.58. The van der Waals surface area contributed by atoms with Gasteiger partial charge in [0.1, 0.15) is 17.3 Å². The van der Waals surface area contributed by atoms with Gasteiger partial charge in [0.2, 0.25) is 5.95 Å². The van der Waals surface area contributed by atoms with Gasteiger partial charge in [0.05, 0.1) is 0 Å². The fourth-order valence-corrected chi connectivity index (χ4v) is 5.58. The van der Waals surface area contributed by atoms with Crippen LogP contribution in [0, 0.1) is 0 Å². The largest absolute Gasteiger partial charge is 0.368 e. The Morgan fingerprint density at radius 1 is 0.947 bits per heavy atom. The van der Waals surface area contributed by atoms with E-state index in [-0.39, 0.29) is 18.0 Å². The van der Waals surface area contributed by atoms with E-state index in [4.69, 9.17) is 11.5 Å². The highest BCUT2D eigenvalue weighted by Gasteiger charge is 2.30. The smallest absolute Gasteiger partial charge is 0.272 e. The normalized spacial score (nSPS) is 20.3. The molecule has 10 nitrogen and oxygen atoms in total. The van der Waals surface area contributed by atoms with Gasteiger partial charge in [-0.25, -0.2) is 0 Å². The summed E-state index contributed by atoms with van der Waals surface area (Å²) in [4.78, 5) is 35.0. The van der Waals surface area contributed by atoms with Crippen molar-refractivity contribution < 1.29 is 4.79 Å². The number of pyridine rings is 1. The van der Waals surface area contributed by atoms with Crippen molar-refractivity contribution in [3.05, 3.63) is 59.4 Å². The first-order valence-corrected chi connectivity index (χ1v) is 13.3. The SMILES string of the molecule is CC1Cc2ccc(-c3ccnc(C(=O)N4CC(N)C4)c3)cc2CN1c1cc(N2CCN(C)CC2)nc(N)n1. The molecule has 2 fully saturated rings. The monoisotopic (exact) mass is 513 g/mol. The van der Waals surface area contributed by atoms with Gasteiger partial charge in [0.25, 0.3) is 5.91 Å². The van der Waals surface area contributed by atoms with Crippen LogP contribution in [-0.4, -0.2) is 89.1 Å². The zero-order valence-corrected chi connectivity index (χ0v) is 22.0. The molecule has 1 amide bonds. The van der Waals surface area contributed by atoms with Gasteiger partial charge in [-0.3, -0.25) is 9.78 Å². The van der Waals surface area contributed by atoms with E-state index >= 15 is 0 Å². The Labute approximate surface area is 223 Å². The predicted octanol–water partition coefficient (Wildman–Crippen LogP) is 1.61. The van der Waals surface area contributed by atoms with Crippen molar-refractivity contribution in [1.82, 2.24) is 24.8 Å². The van der Waals surface area contributed by atoms with Crippen molar-refractivity contribution in [3.8, 4) is 11.1 Å². The van der Waals surface area contributed by atoms with Crippen LogP contribution in [0.25, 0.3) is 11.1 Å². The maximum absolute atomic E-state index is 12.8. The van der Waals surface area contributed by atoms with Crippen LogP contribution < -0.4 is 21.3 Å². The van der Waals surface area contributed by atoms with Crippen molar-refractivity contribution in [2.75, 3.05) is 61.8 Å². The Bertz CT molecular complexity index is 1350. The highest BCUT2D eigenvalue weighted by Crippen LogP contribution is 2.32. The molecule has 1 aromatic carbocycles. The Morgan fingerprint density at radius 3 is 2.45 bits per heavy atom. The molecule has 1 atom stereocenters. The molecule has 5 heterocycles. The standard InChI is InChI=1S/C28H35N9O/c1-18-11-19-3-4-20(21-5-6-31-24(13-21)27(38)36-16-23(29)17-36)12-22(19)15-37(18)26-14-25(32-28(30)33-26)35-9-7-34(2)8-10-35/h3-6,12-14,18,23H,7-11,15-17,29H2,1-2H3,(H2,30,32,33). The molecule has 3 aliphatic rings. The number of benzene rings is 1. The first kappa shape index (κ1) is 24.6. The average molecular weight is 514 g/mol. The fraction of sp³-hybridized carbons (Fsp3) is 0.429. The van der Waals surface area contributed by atoms with Crippen molar-refractivity contribution >= 4 is 23.5 Å². The van der Waals surface area contributed by atoms with E-state index in [1.165, 1.54) is 11.1 Å². The van der Waals surface area contributed by atoms with E-state index in [9.17, 15) is 4.79 Å². The number of amides is 1. The molecule has 38 heavy (non-hydrogen) atoms. The molecule has 2 aromatic heterocycles. The summed E-state index contributed by atoms with van der Waals surface area (Å²) >= 11 is 0. The quantitative estimate of drug-likeness (QED) is 0.536. The summed E-state index contributed by atoms with van der Waals surface area (Å²) in [6.45, 7) is 7.99. The van der Waals surface area contributed by atoms with Gasteiger partial charge in [0.15, 0.2) is 0 Å². The van der Waals surface area contributed by atoms with Crippen molar-refractivity contribution in [1.29, 1.82) is 0 Å². The van der Waals surface area contributed by atoms with Crippen molar-refractivity contribution in [3.63, 3.8) is 0 Å². The number of piperazine rings is 1. The summed E-state index contributed by atoms with van der Waals surface area (Å²) in [5.41, 5.74) is 17.1. The molecule has 0 radical (unpaired) electrons. The molecule has 10 heteroatoms. The number of likely N-dealkylation sites (N-methyl/N-ethyl adjacent to an activating group) is 1. The molecule has 2 saturated heterocycles. The molecule has 0 bridgehead atoms. The lowest BCUT2D eigenvalue weighted by Crippen LogP contribution is -2.57. The average Bonchev–Trinajstić information content (AvgIpc) is 2.90. The van der Waals surface area contributed by atoms with Crippen molar-refractivity contribution in [2.45, 2.75) is 32.0 Å². The summed E-state index contributed by atoms with van der Waals surface area (Å²) < 4.78 is 0. The Balaban J connectivity index is 1.25. The van der Waals surface area contributed by atoms with Crippen LogP contribution in [0.15, 0.2) is 42.6 Å². The lowest BCUT2D eigenvalue weighted by atomic mass is 9.91. The summed E-state index contributed by atoms with van der Waals surface area (Å²) in [7, 11) is 2.14. The molecular weight excluding hydrogens is 478 g/mol. The minimum absolute atomic E-state index is 0.0657. The zero-order chi connectivity index (χ0) is 26.4. The van der Waals surface area contributed by atoms with E-state index in [0.717, 1.165) is 61.9 Å². The molecule has 4 N–H and O–H groups in total. The highest BCUT2D eigenvalue weighted by atomic mass is 16.2. The number of hydrogen-bond donors (Lipinski definition) is 2. The number of nitrogens with two attached hydrogens (primary N) is 2. The van der Waals surface area contributed by atoms with E-state index in [2.05, 4.69) is 67.9 Å². The van der Waals surface area contributed by atoms with Crippen LogP contribution in [0.2, 0.25) is 0 Å². The third kappa shape index (κ3) is 4.77. The number of nitrogen functional groups attached to an aromatic ring is 1. The number of carbonyl (C=O) groups excluding carboxylic acids is 1. The Hall–Kier alpha value is -3.76. The van der Waals surface area contributed by atoms with Gasteiger partial charge in [0, 0.05) is 70.2 Å². The summed E-state index contributed by atoms with van der Waals surface area (Å²) in [5.74, 6) is 1.99. The molecule has 0 aliphatic carbocycles. The zero-order valence-electron chi connectivity index (χ0n) is 22.0. The summed E-state index contributed by atoms with van der Waals surface area (Å²) in [6, 6.07) is 12.8. The second-order valence-corrected chi connectivity index (χ2v) is 10.8. The second kappa shape index (κ2) is 9.85. The van der Waals surface area contributed by atoms with Crippen LogP contribution in [0.5, 0.6) is 0 Å². The molecule has 0 spiro atoms. The van der Waals surface area contributed by atoms with Crippen LogP contribution in [0.3, 0.4) is 0 Å². The minimum atomic E-state index is -0.0657. The molecule has 3 aromatic rings. The molecule has 1 unspecified atom stereocenters. The van der Waals surface area contributed by atoms with Gasteiger partial charge >= 0.3 is 0 Å². The lowest BCUT2D eigenvalue weighted by molar-refractivity contribution is 0.0602. The minimum Gasteiger partial charge on any atom is -0.368 e. The molecule has 198 valence electrons. The Morgan fingerprint density at radius 2 is 1.68 bits per heavy atom. The number of hydrogen-bond acceptors (Lipinski definition) is 9. The van der Waals surface area contributed by atoms with E-state index in [0.29, 0.717) is 24.7 Å². The first-order valence-electron chi connectivity index (χ1n) is 13.3. The van der Waals surface area contributed by atoms with Gasteiger partial charge in [-0.15, -0.1) is 0 Å². The summed E-state index contributed by atoms with van der Waals surface area (Å²) in [5, 5.41) is 0. The van der Waals surface area contributed by atoms with Gasteiger partial charge in [-0.1, -0.05) is 12.1 Å². The lowest BCUT2D eigenvalue weighted by Gasteiger charge is -2.37. The first-order chi connectivity index (χ1) is 18.3. The van der Waals surface area contributed by atoms with Crippen LogP contribution in [0.1, 0.15) is 28.5 Å². The Kier molecular flexibility index (Phi) is 6.37. The molecule has 6 rings (SSSR count). The van der Waals surface area contributed by atoms with Gasteiger partial charge < -0.3 is 31.1 Å². The molecule has 0 saturated carbocycles. The maximum atomic E-state index is 12.8. The van der Waals surface area contributed by atoms with Crippen LogP contribution in [-0.2, 0) is 13.0 Å². The number of aromatic nitrogens is 3. The number of anilines is 3. The highest BCUT2D eigenvalue weighted by molar-refractivity contribution is 5.94. The van der Waals surface area contributed by atoms with E-state index < -0.39 is 0 Å². The number of carbonyl (C=O) groups is 1. The van der Waals surface area contributed by atoms with Gasteiger partial charge in [-0.2, -0.15) is 9.97 Å². The van der Waals surface area contributed by atoms with Crippen LogP contribution in [0.4, 0.5) is 17.6 Å². The van der Waals surface area contributed by atoms with Crippen molar-refractivity contribution in [2.24, 2.45) is 5.73 Å². The number of likely N-dealkylation sites (tertiary alicyclic amines) is 1. The third-order valence-electron chi connectivity index (χ3n) is 7.94. The van der Waals surface area contributed by atoms with E-state index in [1.807, 2.05) is 12.1 Å².